The predicted molar refractivity (Wildman–Crippen MR) is 69.1 cm³/mol. The summed E-state index contributed by atoms with van der Waals surface area (Å²) in [6, 6.07) is 4.74. The third-order valence-corrected chi connectivity index (χ3v) is 2.52. The standard InChI is InChI=1S/C10H12INO5/c1-15-4-5-16-7-17-10-3-2-8(11)6-9(10)12(13)14/h2-3,6H,4-5,7H2,1H3. The molecule has 0 aliphatic heterocycles. The largest absolute Gasteiger partial charge is 0.460 e. The zero-order valence-corrected chi connectivity index (χ0v) is 11.4. The fourth-order valence-electron chi connectivity index (χ4n) is 1.06. The smallest absolute Gasteiger partial charge is 0.312 e. The lowest BCUT2D eigenvalue weighted by atomic mass is 10.3. The monoisotopic (exact) mass is 353 g/mol. The molecule has 1 aromatic carbocycles. The molecule has 0 atom stereocenters. The van der Waals surface area contributed by atoms with Crippen molar-refractivity contribution >= 4 is 28.3 Å². The van der Waals surface area contributed by atoms with Gasteiger partial charge < -0.3 is 14.2 Å². The minimum atomic E-state index is -0.480. The summed E-state index contributed by atoms with van der Waals surface area (Å²) in [4.78, 5) is 10.3. The van der Waals surface area contributed by atoms with Crippen LogP contribution in [0, 0.1) is 13.7 Å². The molecule has 0 aromatic heterocycles. The van der Waals surface area contributed by atoms with Crippen molar-refractivity contribution in [1.82, 2.24) is 0 Å². The van der Waals surface area contributed by atoms with Crippen molar-refractivity contribution in [2.75, 3.05) is 27.1 Å². The highest BCUT2D eigenvalue weighted by atomic mass is 127. The molecule has 0 aliphatic carbocycles. The van der Waals surface area contributed by atoms with E-state index in [0.717, 1.165) is 3.57 Å². The van der Waals surface area contributed by atoms with Crippen molar-refractivity contribution in [3.05, 3.63) is 31.9 Å². The first kappa shape index (κ1) is 14.1. The molecule has 0 unspecified atom stereocenters. The van der Waals surface area contributed by atoms with Crippen LogP contribution in [0.4, 0.5) is 5.69 Å². The summed E-state index contributed by atoms with van der Waals surface area (Å²) >= 11 is 2.00. The third-order valence-electron chi connectivity index (χ3n) is 1.85. The Labute approximate surface area is 112 Å². The average molecular weight is 353 g/mol. The summed E-state index contributed by atoms with van der Waals surface area (Å²) in [7, 11) is 1.56. The molecule has 94 valence electrons. The highest BCUT2D eigenvalue weighted by Gasteiger charge is 2.15. The van der Waals surface area contributed by atoms with Crippen molar-refractivity contribution in [2.45, 2.75) is 0 Å². The van der Waals surface area contributed by atoms with Crippen LogP contribution >= 0.6 is 22.6 Å². The van der Waals surface area contributed by atoms with Gasteiger partial charge in [-0.05, 0) is 34.7 Å². The molecule has 0 saturated heterocycles. The second kappa shape index (κ2) is 7.41. The van der Waals surface area contributed by atoms with Crippen LogP contribution in [0.25, 0.3) is 0 Å². The molecule has 0 spiro atoms. The molecule has 0 radical (unpaired) electrons. The Morgan fingerprint density at radius 3 is 2.82 bits per heavy atom. The number of nitro groups is 1. The normalized spacial score (nSPS) is 10.2. The maximum Gasteiger partial charge on any atom is 0.312 e. The van der Waals surface area contributed by atoms with Crippen LogP contribution in [-0.4, -0.2) is 32.0 Å². The Kier molecular flexibility index (Phi) is 6.16. The van der Waals surface area contributed by atoms with E-state index in [2.05, 4.69) is 0 Å². The molecule has 0 saturated carbocycles. The van der Waals surface area contributed by atoms with Crippen molar-refractivity contribution in [1.29, 1.82) is 0 Å². The Balaban J connectivity index is 2.55. The summed E-state index contributed by atoms with van der Waals surface area (Å²) in [5, 5.41) is 10.8. The lowest BCUT2D eigenvalue weighted by molar-refractivity contribution is -0.386. The minimum Gasteiger partial charge on any atom is -0.460 e. The van der Waals surface area contributed by atoms with Gasteiger partial charge in [0.05, 0.1) is 18.1 Å². The summed E-state index contributed by atoms with van der Waals surface area (Å²) < 4.78 is 15.8. The molecule has 7 heteroatoms. The van der Waals surface area contributed by atoms with Gasteiger partial charge in [0.15, 0.2) is 12.5 Å². The second-order valence-electron chi connectivity index (χ2n) is 3.03. The van der Waals surface area contributed by atoms with Gasteiger partial charge in [0, 0.05) is 16.7 Å². The highest BCUT2D eigenvalue weighted by molar-refractivity contribution is 14.1. The number of benzene rings is 1. The van der Waals surface area contributed by atoms with Crippen LogP contribution in [0.15, 0.2) is 18.2 Å². The van der Waals surface area contributed by atoms with Gasteiger partial charge >= 0.3 is 5.69 Å². The van der Waals surface area contributed by atoms with E-state index in [4.69, 9.17) is 14.2 Å². The van der Waals surface area contributed by atoms with E-state index >= 15 is 0 Å². The number of rotatable bonds is 7. The zero-order valence-electron chi connectivity index (χ0n) is 9.22. The lowest BCUT2D eigenvalue weighted by Crippen LogP contribution is -2.08. The van der Waals surface area contributed by atoms with Gasteiger partial charge in [-0.25, -0.2) is 0 Å². The summed E-state index contributed by atoms with van der Waals surface area (Å²) in [5.41, 5.74) is -0.0627. The Morgan fingerprint density at radius 2 is 2.18 bits per heavy atom. The fraction of sp³-hybridized carbons (Fsp3) is 0.400. The highest BCUT2D eigenvalue weighted by Crippen LogP contribution is 2.28. The first-order valence-electron chi connectivity index (χ1n) is 4.78. The number of methoxy groups -OCH3 is 1. The first-order chi connectivity index (χ1) is 8.15. The molecule has 17 heavy (non-hydrogen) atoms. The molecular weight excluding hydrogens is 341 g/mol. The molecule has 1 rings (SSSR count). The van der Waals surface area contributed by atoms with Gasteiger partial charge in [0.2, 0.25) is 0 Å². The molecular formula is C10H12INO5. The van der Waals surface area contributed by atoms with Crippen LogP contribution in [0.5, 0.6) is 5.75 Å². The van der Waals surface area contributed by atoms with Gasteiger partial charge in [-0.2, -0.15) is 0 Å². The van der Waals surface area contributed by atoms with E-state index in [1.165, 1.54) is 6.07 Å². The number of nitrogens with zero attached hydrogens (tertiary/aromatic N) is 1. The maximum absolute atomic E-state index is 10.8. The molecule has 0 N–H and O–H groups in total. The Hall–Kier alpha value is -0.930. The quantitative estimate of drug-likeness (QED) is 0.247. The molecule has 0 fully saturated rings. The second-order valence-corrected chi connectivity index (χ2v) is 4.28. The van der Waals surface area contributed by atoms with Crippen molar-refractivity contribution in [3.63, 3.8) is 0 Å². The topological polar surface area (TPSA) is 70.8 Å². The number of halogens is 1. The maximum atomic E-state index is 10.8. The van der Waals surface area contributed by atoms with Crippen LogP contribution < -0.4 is 4.74 Å². The van der Waals surface area contributed by atoms with E-state index < -0.39 is 4.92 Å². The van der Waals surface area contributed by atoms with Crippen molar-refractivity contribution in [3.8, 4) is 5.75 Å². The summed E-state index contributed by atoms with van der Waals surface area (Å²) in [6.07, 6.45) is 0. The lowest BCUT2D eigenvalue weighted by Gasteiger charge is -2.07. The minimum absolute atomic E-state index is 0.0369. The average Bonchev–Trinajstić information content (AvgIpc) is 2.30. The van der Waals surface area contributed by atoms with Crippen molar-refractivity contribution in [2.24, 2.45) is 0 Å². The van der Waals surface area contributed by atoms with E-state index in [0.29, 0.717) is 13.2 Å². The fourth-order valence-corrected chi connectivity index (χ4v) is 1.54. The van der Waals surface area contributed by atoms with Crippen LogP contribution in [-0.2, 0) is 9.47 Å². The molecule has 1 aromatic rings. The summed E-state index contributed by atoms with van der Waals surface area (Å²) in [5.74, 6) is 0.202. The van der Waals surface area contributed by atoms with Crippen molar-refractivity contribution < 1.29 is 19.1 Å². The number of ether oxygens (including phenoxy) is 3. The van der Waals surface area contributed by atoms with Gasteiger partial charge in [-0.3, -0.25) is 10.1 Å². The molecule has 0 aliphatic rings. The van der Waals surface area contributed by atoms with Crippen LogP contribution in [0.1, 0.15) is 0 Å². The van der Waals surface area contributed by atoms with E-state index in [1.807, 2.05) is 22.6 Å². The van der Waals surface area contributed by atoms with Gasteiger partial charge in [0.1, 0.15) is 0 Å². The Morgan fingerprint density at radius 1 is 1.41 bits per heavy atom. The van der Waals surface area contributed by atoms with Gasteiger partial charge in [-0.1, -0.05) is 0 Å². The van der Waals surface area contributed by atoms with Crippen LogP contribution in [0.3, 0.4) is 0 Å². The number of hydrogen-bond donors (Lipinski definition) is 0. The summed E-state index contributed by atoms with van der Waals surface area (Å²) in [6.45, 7) is 0.803. The van der Waals surface area contributed by atoms with E-state index in [9.17, 15) is 10.1 Å². The Bertz CT molecular complexity index is 385. The number of nitro benzene ring substituents is 1. The van der Waals surface area contributed by atoms with Gasteiger partial charge in [-0.15, -0.1) is 0 Å². The van der Waals surface area contributed by atoms with Crippen LogP contribution in [0.2, 0.25) is 0 Å². The third kappa shape index (κ3) is 4.84. The van der Waals surface area contributed by atoms with Gasteiger partial charge in [0.25, 0.3) is 0 Å². The SMILES string of the molecule is COCCOCOc1ccc(I)cc1[N+](=O)[O-]. The molecule has 6 nitrogen and oxygen atoms in total. The first-order valence-corrected chi connectivity index (χ1v) is 5.86. The number of hydrogen-bond acceptors (Lipinski definition) is 5. The predicted octanol–water partition coefficient (Wildman–Crippen LogP) is 2.20. The zero-order chi connectivity index (χ0) is 12.7. The molecule has 0 heterocycles. The molecule has 0 bridgehead atoms. The van der Waals surface area contributed by atoms with E-state index in [-0.39, 0.29) is 18.2 Å². The molecule has 0 amide bonds. The van der Waals surface area contributed by atoms with E-state index in [1.54, 1.807) is 19.2 Å².